The van der Waals surface area contributed by atoms with E-state index in [9.17, 15) is 0 Å². The minimum absolute atomic E-state index is 0.981. The van der Waals surface area contributed by atoms with E-state index in [0.29, 0.717) is 0 Å². The van der Waals surface area contributed by atoms with E-state index in [4.69, 9.17) is 0 Å². The smallest absolute Gasteiger partial charge is 0.0402 e. The van der Waals surface area contributed by atoms with E-state index >= 15 is 0 Å². The van der Waals surface area contributed by atoms with Crippen molar-refractivity contribution in [1.29, 1.82) is 0 Å². The summed E-state index contributed by atoms with van der Waals surface area (Å²) in [6.45, 7) is 4.00. The van der Waals surface area contributed by atoms with E-state index in [1.807, 2.05) is 19.9 Å². The topological polar surface area (TPSA) is 0 Å². The van der Waals surface area contributed by atoms with Crippen LogP contribution < -0.4 is 0 Å². The first-order valence-electron chi connectivity index (χ1n) is 7.52. The average Bonchev–Trinajstić information content (AvgIpc) is 2.71. The summed E-state index contributed by atoms with van der Waals surface area (Å²) in [6.07, 6.45) is 0.981. The van der Waals surface area contributed by atoms with Crippen LogP contribution in [0.2, 0.25) is 0 Å². The van der Waals surface area contributed by atoms with Gasteiger partial charge in [-0.05, 0) is 46.4 Å². The Kier molecular flexibility index (Phi) is 3.75. The third kappa shape index (κ3) is 2.32. The van der Waals surface area contributed by atoms with Gasteiger partial charge in [0.15, 0.2) is 0 Å². The predicted octanol–water partition coefficient (Wildman–Crippen LogP) is 5.55. The van der Waals surface area contributed by atoms with Crippen LogP contribution in [0, 0.1) is 12.1 Å². The van der Waals surface area contributed by atoms with E-state index in [1.165, 1.54) is 33.4 Å². The lowest BCUT2D eigenvalue weighted by molar-refractivity contribution is 1.21. The molecule has 0 aromatic heterocycles. The molecule has 1 aliphatic rings. The lowest BCUT2D eigenvalue weighted by Gasteiger charge is -2.06. The highest BCUT2D eigenvalue weighted by Crippen LogP contribution is 2.38. The summed E-state index contributed by atoms with van der Waals surface area (Å²) in [5.41, 5.74) is 7.78. The molecule has 0 spiro atoms. The lowest BCUT2D eigenvalue weighted by Crippen LogP contribution is -1.89. The monoisotopic (exact) mass is 270 g/mol. The van der Waals surface area contributed by atoms with Crippen molar-refractivity contribution in [1.82, 2.24) is 0 Å². The van der Waals surface area contributed by atoms with Gasteiger partial charge in [0.1, 0.15) is 0 Å². The Hall–Kier alpha value is -2.52. The molecule has 0 unspecified atom stereocenters. The molecule has 0 aliphatic heterocycles. The van der Waals surface area contributed by atoms with Crippen LogP contribution in [0.25, 0.3) is 22.3 Å². The van der Waals surface area contributed by atoms with E-state index < -0.39 is 0 Å². The number of hydrogen-bond donors (Lipinski definition) is 0. The van der Waals surface area contributed by atoms with Gasteiger partial charge in [-0.2, -0.15) is 0 Å². The Morgan fingerprint density at radius 1 is 0.714 bits per heavy atom. The van der Waals surface area contributed by atoms with Crippen molar-refractivity contribution in [2.24, 2.45) is 0 Å². The van der Waals surface area contributed by atoms with Crippen LogP contribution in [-0.2, 0) is 6.42 Å². The van der Waals surface area contributed by atoms with Gasteiger partial charge in [0.05, 0.1) is 0 Å². The van der Waals surface area contributed by atoms with Crippen molar-refractivity contribution < 1.29 is 0 Å². The molecular weight excluding hydrogens is 252 g/mol. The number of rotatable bonds is 0. The van der Waals surface area contributed by atoms with Crippen molar-refractivity contribution in [3.63, 3.8) is 0 Å². The fourth-order valence-electron chi connectivity index (χ4n) is 2.89. The SMILES string of the molecule is CC.c1ccc2c(c#1)-c1ccccc1Cc1ccccc1-2. The lowest BCUT2D eigenvalue weighted by atomic mass is 9.96. The van der Waals surface area contributed by atoms with Gasteiger partial charge in [-0.3, -0.25) is 0 Å². The van der Waals surface area contributed by atoms with E-state index in [0.717, 1.165) is 6.42 Å². The summed E-state index contributed by atoms with van der Waals surface area (Å²) in [5, 5.41) is 0. The van der Waals surface area contributed by atoms with Gasteiger partial charge in [-0.1, -0.05) is 74.5 Å². The van der Waals surface area contributed by atoms with Crippen LogP contribution in [0.15, 0.2) is 60.7 Å². The molecule has 0 radical (unpaired) electrons. The molecule has 0 bridgehead atoms. The molecule has 102 valence electrons. The predicted molar refractivity (Wildman–Crippen MR) is 89.1 cm³/mol. The fraction of sp³-hybridized carbons (Fsp3) is 0.143. The first-order chi connectivity index (χ1) is 10.4. The van der Waals surface area contributed by atoms with Gasteiger partial charge >= 0.3 is 0 Å². The van der Waals surface area contributed by atoms with Gasteiger partial charge in [-0.15, -0.1) is 0 Å². The Morgan fingerprint density at radius 2 is 1.33 bits per heavy atom. The van der Waals surface area contributed by atoms with Crippen LogP contribution in [-0.4, -0.2) is 0 Å². The first-order valence-corrected chi connectivity index (χ1v) is 7.52. The molecule has 0 saturated carbocycles. The molecule has 0 N–H and O–H groups in total. The zero-order valence-electron chi connectivity index (χ0n) is 12.5. The zero-order chi connectivity index (χ0) is 14.7. The summed E-state index contributed by atoms with van der Waals surface area (Å²) in [4.78, 5) is 0. The molecule has 1 aliphatic carbocycles. The second-order valence-electron chi connectivity index (χ2n) is 4.88. The van der Waals surface area contributed by atoms with Crippen molar-refractivity contribution >= 4 is 0 Å². The summed E-state index contributed by atoms with van der Waals surface area (Å²) in [7, 11) is 0. The molecule has 0 amide bonds. The van der Waals surface area contributed by atoms with Crippen LogP contribution in [0.4, 0.5) is 0 Å². The highest BCUT2D eigenvalue weighted by Gasteiger charge is 2.17. The number of hydrogen-bond acceptors (Lipinski definition) is 0. The van der Waals surface area contributed by atoms with Crippen molar-refractivity contribution in [2.45, 2.75) is 20.3 Å². The number of fused-ring (bicyclic) bond motifs is 5. The molecular formula is C21H18. The quantitative estimate of drug-likeness (QED) is 0.393. The first kappa shape index (κ1) is 13.5. The molecule has 0 saturated heterocycles. The van der Waals surface area contributed by atoms with Crippen molar-refractivity contribution in [2.75, 3.05) is 0 Å². The van der Waals surface area contributed by atoms with E-state index in [-0.39, 0.29) is 0 Å². The van der Waals surface area contributed by atoms with Crippen LogP contribution in [0.3, 0.4) is 0 Å². The Bertz CT molecular complexity index is 689. The molecule has 3 aromatic carbocycles. The van der Waals surface area contributed by atoms with Crippen LogP contribution >= 0.6 is 0 Å². The maximum Gasteiger partial charge on any atom is 0.0402 e. The van der Waals surface area contributed by atoms with E-state index in [2.05, 4.69) is 66.7 Å². The Morgan fingerprint density at radius 3 is 2.10 bits per heavy atom. The van der Waals surface area contributed by atoms with Crippen molar-refractivity contribution in [3.05, 3.63) is 83.9 Å². The Balaban J connectivity index is 0.000000636. The van der Waals surface area contributed by atoms with Gasteiger partial charge in [0, 0.05) is 5.56 Å². The third-order valence-electron chi connectivity index (χ3n) is 3.77. The standard InChI is InChI=1S/C19H12.C2H6/c1-3-9-16-14(7-1)13-15-8-2-4-10-17(15)19-12-6-5-11-18(16)19;1-2/h1-5,7-11H,13H2;1-2H3. The van der Waals surface area contributed by atoms with Gasteiger partial charge < -0.3 is 0 Å². The van der Waals surface area contributed by atoms with Gasteiger partial charge in [0.25, 0.3) is 0 Å². The highest BCUT2D eigenvalue weighted by atomic mass is 14.2. The second kappa shape index (κ2) is 5.85. The highest BCUT2D eigenvalue weighted by molar-refractivity contribution is 5.87. The summed E-state index contributed by atoms with van der Waals surface area (Å²) in [6, 6.07) is 27.7. The molecule has 21 heavy (non-hydrogen) atoms. The third-order valence-corrected chi connectivity index (χ3v) is 3.77. The summed E-state index contributed by atoms with van der Waals surface area (Å²) >= 11 is 0. The largest absolute Gasteiger partial charge is 0.0695 e. The molecule has 4 rings (SSSR count). The minimum atomic E-state index is 0.981. The van der Waals surface area contributed by atoms with E-state index in [1.54, 1.807) is 0 Å². The van der Waals surface area contributed by atoms with Crippen LogP contribution in [0.5, 0.6) is 0 Å². The molecule has 0 nitrogen and oxygen atoms in total. The van der Waals surface area contributed by atoms with Crippen molar-refractivity contribution in [3.8, 4) is 22.3 Å². The zero-order valence-corrected chi connectivity index (χ0v) is 12.5. The number of benzene rings is 2. The second-order valence-corrected chi connectivity index (χ2v) is 4.88. The molecule has 0 atom stereocenters. The Labute approximate surface area is 127 Å². The molecule has 0 heteroatoms. The maximum absolute atomic E-state index is 3.30. The maximum atomic E-state index is 3.30. The summed E-state index contributed by atoms with van der Waals surface area (Å²) in [5.74, 6) is 0. The molecule has 0 heterocycles. The normalized spacial score (nSPS) is 10.8. The average molecular weight is 270 g/mol. The van der Waals surface area contributed by atoms with Gasteiger partial charge in [0.2, 0.25) is 0 Å². The molecule has 3 aromatic rings. The minimum Gasteiger partial charge on any atom is -0.0695 e. The summed E-state index contributed by atoms with van der Waals surface area (Å²) < 4.78 is 0. The molecule has 0 fully saturated rings. The fourth-order valence-corrected chi connectivity index (χ4v) is 2.89. The van der Waals surface area contributed by atoms with Gasteiger partial charge in [-0.25, -0.2) is 0 Å². The van der Waals surface area contributed by atoms with Crippen LogP contribution in [0.1, 0.15) is 25.0 Å².